The molecule has 5 nitrogen and oxygen atoms in total. The van der Waals surface area contributed by atoms with Gasteiger partial charge in [-0.2, -0.15) is 0 Å². The fraction of sp³-hybridized carbons (Fsp3) is 0.0476. The molecule has 0 radical (unpaired) electrons. The van der Waals surface area contributed by atoms with E-state index in [1.54, 1.807) is 24.3 Å². The third-order valence-electron chi connectivity index (χ3n) is 4.48. The quantitative estimate of drug-likeness (QED) is 0.473. The molecule has 0 spiro atoms. The van der Waals surface area contributed by atoms with E-state index in [0.29, 0.717) is 27.2 Å². The molecule has 0 unspecified atom stereocenters. The van der Waals surface area contributed by atoms with Crippen molar-refractivity contribution < 1.29 is 14.7 Å². The number of hydrogen-bond donors (Lipinski definition) is 2. The standard InChI is InChI=1S/C21H15ClN2O3S/c22-14-6-7-16-15(10-14)18(20(26)24(16)21(23)27)19(25)17-9-13(11-28-17)8-12-4-2-1-3-5-12/h1-7,9-11,26H,8H2,(H2,23,27). The number of carbonyl (C=O) groups excluding carboxylic acids is 2. The summed E-state index contributed by atoms with van der Waals surface area (Å²) in [6.45, 7) is 0. The minimum Gasteiger partial charge on any atom is -0.494 e. The Balaban J connectivity index is 1.77. The van der Waals surface area contributed by atoms with Crippen molar-refractivity contribution in [1.82, 2.24) is 4.57 Å². The van der Waals surface area contributed by atoms with Crippen molar-refractivity contribution in [3.05, 3.63) is 86.6 Å². The fourth-order valence-electron chi connectivity index (χ4n) is 3.24. The lowest BCUT2D eigenvalue weighted by Crippen LogP contribution is -2.18. The Bertz CT molecular complexity index is 1210. The maximum atomic E-state index is 13.1. The van der Waals surface area contributed by atoms with Gasteiger partial charge in [-0.3, -0.25) is 4.79 Å². The summed E-state index contributed by atoms with van der Waals surface area (Å²) in [6.07, 6.45) is 0.700. The molecule has 0 aliphatic rings. The van der Waals surface area contributed by atoms with Crippen molar-refractivity contribution in [3.63, 3.8) is 0 Å². The third-order valence-corrected chi connectivity index (χ3v) is 5.69. The number of thiophene rings is 1. The maximum absolute atomic E-state index is 13.1. The predicted octanol–water partition coefficient (Wildman–Crippen LogP) is 4.81. The molecule has 1 amide bonds. The predicted molar refractivity (Wildman–Crippen MR) is 111 cm³/mol. The van der Waals surface area contributed by atoms with Crippen LogP contribution in [-0.4, -0.2) is 21.5 Å². The lowest BCUT2D eigenvalue weighted by molar-refractivity contribution is 0.104. The van der Waals surface area contributed by atoms with Gasteiger partial charge in [-0.1, -0.05) is 41.9 Å². The Morgan fingerprint density at radius 1 is 1.07 bits per heavy atom. The van der Waals surface area contributed by atoms with Crippen LogP contribution in [0.1, 0.15) is 26.4 Å². The molecule has 0 bridgehead atoms. The topological polar surface area (TPSA) is 85.3 Å². The van der Waals surface area contributed by atoms with Crippen LogP contribution in [0.3, 0.4) is 0 Å². The number of nitrogens with two attached hydrogens (primary N) is 1. The van der Waals surface area contributed by atoms with E-state index in [1.165, 1.54) is 11.3 Å². The van der Waals surface area contributed by atoms with Crippen LogP contribution in [0.25, 0.3) is 10.9 Å². The van der Waals surface area contributed by atoms with E-state index in [2.05, 4.69) is 0 Å². The second-order valence-electron chi connectivity index (χ2n) is 6.34. The normalized spacial score (nSPS) is 11.0. The number of primary amides is 1. The van der Waals surface area contributed by atoms with Crippen molar-refractivity contribution in [3.8, 4) is 5.88 Å². The number of benzene rings is 2. The molecule has 2 aromatic heterocycles. The summed E-state index contributed by atoms with van der Waals surface area (Å²) in [6, 6.07) is 15.5. The number of halogens is 1. The highest BCUT2D eigenvalue weighted by Crippen LogP contribution is 2.35. The first kappa shape index (κ1) is 18.3. The first-order chi connectivity index (χ1) is 13.5. The van der Waals surface area contributed by atoms with Gasteiger partial charge >= 0.3 is 6.03 Å². The van der Waals surface area contributed by atoms with Gasteiger partial charge in [0, 0.05) is 10.4 Å². The van der Waals surface area contributed by atoms with Gasteiger partial charge < -0.3 is 10.8 Å². The summed E-state index contributed by atoms with van der Waals surface area (Å²) < 4.78 is 0.914. The largest absolute Gasteiger partial charge is 0.494 e. The van der Waals surface area contributed by atoms with Crippen LogP contribution in [0.15, 0.2) is 60.0 Å². The van der Waals surface area contributed by atoms with Crippen LogP contribution < -0.4 is 5.73 Å². The van der Waals surface area contributed by atoms with Crippen LogP contribution in [0.2, 0.25) is 5.02 Å². The number of nitrogens with zero attached hydrogens (tertiary/aromatic N) is 1. The molecule has 4 rings (SSSR count). The number of rotatable bonds is 4. The summed E-state index contributed by atoms with van der Waals surface area (Å²) in [7, 11) is 0. The van der Waals surface area contributed by atoms with Crippen molar-refractivity contribution in [2.24, 2.45) is 5.73 Å². The summed E-state index contributed by atoms with van der Waals surface area (Å²) >= 11 is 7.35. The van der Waals surface area contributed by atoms with Gasteiger partial charge in [0.2, 0.25) is 11.7 Å². The minimum atomic E-state index is -0.875. The summed E-state index contributed by atoms with van der Waals surface area (Å²) in [5, 5.41) is 13.2. The van der Waals surface area contributed by atoms with Crippen molar-refractivity contribution in [2.45, 2.75) is 6.42 Å². The Kier molecular flexibility index (Phi) is 4.66. The van der Waals surface area contributed by atoms with Crippen LogP contribution in [0.4, 0.5) is 4.79 Å². The van der Waals surface area contributed by atoms with Crippen molar-refractivity contribution >= 4 is 45.7 Å². The highest BCUT2D eigenvalue weighted by molar-refractivity contribution is 7.12. The molecule has 0 saturated carbocycles. The number of aromatic nitrogens is 1. The number of amides is 1. The van der Waals surface area contributed by atoms with Crippen LogP contribution in [-0.2, 0) is 6.42 Å². The molecular weight excluding hydrogens is 396 g/mol. The van der Waals surface area contributed by atoms with Gasteiger partial charge in [0.15, 0.2) is 0 Å². The van der Waals surface area contributed by atoms with Crippen molar-refractivity contribution in [2.75, 3.05) is 0 Å². The van der Waals surface area contributed by atoms with E-state index in [-0.39, 0.29) is 11.3 Å². The van der Waals surface area contributed by atoms with Gasteiger partial charge in [-0.15, -0.1) is 11.3 Å². The van der Waals surface area contributed by atoms with E-state index >= 15 is 0 Å². The average Bonchev–Trinajstić information content (AvgIpc) is 3.23. The molecular formula is C21H15ClN2O3S. The Morgan fingerprint density at radius 3 is 2.54 bits per heavy atom. The van der Waals surface area contributed by atoms with Crippen molar-refractivity contribution in [1.29, 1.82) is 0 Å². The van der Waals surface area contributed by atoms with Gasteiger partial charge in [-0.25, -0.2) is 9.36 Å². The molecule has 0 aliphatic heterocycles. The smallest absolute Gasteiger partial charge is 0.326 e. The maximum Gasteiger partial charge on any atom is 0.326 e. The SMILES string of the molecule is NC(=O)n1c(O)c(C(=O)c2cc(Cc3ccccc3)cs2)c2cc(Cl)ccc21. The number of fused-ring (bicyclic) bond motifs is 1. The van der Waals surface area contributed by atoms with E-state index in [0.717, 1.165) is 15.7 Å². The lowest BCUT2D eigenvalue weighted by Gasteiger charge is -2.00. The molecule has 0 aliphatic carbocycles. The molecule has 2 aromatic carbocycles. The van der Waals surface area contributed by atoms with E-state index in [4.69, 9.17) is 17.3 Å². The van der Waals surface area contributed by atoms with E-state index < -0.39 is 11.9 Å². The Hall–Kier alpha value is -3.09. The minimum absolute atomic E-state index is 0.0180. The number of carbonyl (C=O) groups is 2. The number of hydrogen-bond acceptors (Lipinski definition) is 4. The molecule has 0 fully saturated rings. The van der Waals surface area contributed by atoms with Crippen LogP contribution in [0.5, 0.6) is 5.88 Å². The second kappa shape index (κ2) is 7.14. The van der Waals surface area contributed by atoms with Gasteiger partial charge in [0.1, 0.15) is 0 Å². The summed E-state index contributed by atoms with van der Waals surface area (Å²) in [5.74, 6) is -0.859. The Morgan fingerprint density at radius 2 is 1.82 bits per heavy atom. The highest BCUT2D eigenvalue weighted by Gasteiger charge is 2.26. The van der Waals surface area contributed by atoms with Gasteiger partial charge in [0.25, 0.3) is 0 Å². The van der Waals surface area contributed by atoms with E-state index in [9.17, 15) is 14.7 Å². The van der Waals surface area contributed by atoms with Gasteiger partial charge in [0.05, 0.1) is 16.0 Å². The first-order valence-electron chi connectivity index (χ1n) is 8.44. The molecule has 3 N–H and O–H groups in total. The summed E-state index contributed by atoms with van der Waals surface area (Å²) in [4.78, 5) is 25.4. The zero-order valence-electron chi connectivity index (χ0n) is 14.6. The monoisotopic (exact) mass is 410 g/mol. The highest BCUT2D eigenvalue weighted by atomic mass is 35.5. The molecule has 0 saturated heterocycles. The molecule has 4 aromatic rings. The average molecular weight is 411 g/mol. The summed E-state index contributed by atoms with van der Waals surface area (Å²) in [5.41, 5.74) is 7.87. The zero-order valence-corrected chi connectivity index (χ0v) is 16.1. The van der Waals surface area contributed by atoms with Crippen LogP contribution in [0, 0.1) is 0 Å². The second-order valence-corrected chi connectivity index (χ2v) is 7.69. The third kappa shape index (κ3) is 3.17. The lowest BCUT2D eigenvalue weighted by atomic mass is 10.0. The fourth-order valence-corrected chi connectivity index (χ4v) is 4.27. The Labute approximate surface area is 169 Å². The van der Waals surface area contributed by atoms with Gasteiger partial charge in [-0.05, 0) is 47.2 Å². The molecule has 7 heteroatoms. The molecule has 140 valence electrons. The molecule has 2 heterocycles. The molecule has 28 heavy (non-hydrogen) atoms. The first-order valence-corrected chi connectivity index (χ1v) is 9.70. The zero-order chi connectivity index (χ0) is 19.8. The van der Waals surface area contributed by atoms with E-state index in [1.807, 2.05) is 35.7 Å². The molecule has 0 atom stereocenters. The van der Waals surface area contributed by atoms with Crippen LogP contribution >= 0.6 is 22.9 Å². The number of aromatic hydroxyl groups is 1. The number of ketones is 1.